The van der Waals surface area contributed by atoms with Gasteiger partial charge in [-0.1, -0.05) is 38.3 Å². The van der Waals surface area contributed by atoms with Crippen molar-refractivity contribution in [2.45, 2.75) is 58.9 Å². The van der Waals surface area contributed by atoms with E-state index in [4.69, 9.17) is 0 Å². The number of benzene rings is 1. The molecule has 0 spiro atoms. The van der Waals surface area contributed by atoms with Crippen LogP contribution in [-0.4, -0.2) is 20.1 Å². The van der Waals surface area contributed by atoms with Crippen molar-refractivity contribution in [1.82, 2.24) is 5.32 Å². The Labute approximate surface area is 130 Å². The highest BCUT2D eigenvalue weighted by Gasteiger charge is 2.16. The predicted molar refractivity (Wildman–Crippen MR) is 93.0 cm³/mol. The predicted octanol–water partition coefficient (Wildman–Crippen LogP) is 4.51. The molecule has 1 aliphatic rings. The zero-order valence-corrected chi connectivity index (χ0v) is 14.1. The molecular formula is C19H32N2. The van der Waals surface area contributed by atoms with Gasteiger partial charge in [0.05, 0.1) is 0 Å². The monoisotopic (exact) mass is 288 g/mol. The van der Waals surface area contributed by atoms with Gasteiger partial charge in [0.25, 0.3) is 0 Å². The standard InChI is InChI=1S/C19H32N2/c1-4-12-20-14-18-10-11-19(16(2)13-18)21(3)15-17-8-6-5-7-9-17/h10-11,13,17,20H,4-9,12,14-15H2,1-3H3. The molecule has 2 heteroatoms. The summed E-state index contributed by atoms with van der Waals surface area (Å²) in [4.78, 5) is 2.47. The Bertz CT molecular complexity index is 422. The summed E-state index contributed by atoms with van der Waals surface area (Å²) < 4.78 is 0. The van der Waals surface area contributed by atoms with Gasteiger partial charge < -0.3 is 10.2 Å². The molecule has 21 heavy (non-hydrogen) atoms. The second-order valence-corrected chi connectivity index (χ2v) is 6.68. The van der Waals surface area contributed by atoms with E-state index in [0.717, 1.165) is 19.0 Å². The molecule has 0 heterocycles. The Balaban J connectivity index is 1.92. The van der Waals surface area contributed by atoms with Crippen molar-refractivity contribution in [2.24, 2.45) is 5.92 Å². The maximum absolute atomic E-state index is 3.48. The molecule has 0 radical (unpaired) electrons. The highest BCUT2D eigenvalue weighted by molar-refractivity contribution is 5.54. The van der Waals surface area contributed by atoms with Gasteiger partial charge in [0, 0.05) is 25.8 Å². The van der Waals surface area contributed by atoms with E-state index in [0.29, 0.717) is 0 Å². The van der Waals surface area contributed by atoms with Gasteiger partial charge in [-0.05, 0) is 55.8 Å². The summed E-state index contributed by atoms with van der Waals surface area (Å²) in [5, 5.41) is 3.48. The minimum absolute atomic E-state index is 0.897. The fourth-order valence-corrected chi connectivity index (χ4v) is 3.52. The van der Waals surface area contributed by atoms with Crippen LogP contribution in [0.2, 0.25) is 0 Å². The van der Waals surface area contributed by atoms with Crippen molar-refractivity contribution in [3.63, 3.8) is 0 Å². The Morgan fingerprint density at radius 1 is 1.19 bits per heavy atom. The molecule has 0 unspecified atom stereocenters. The second-order valence-electron chi connectivity index (χ2n) is 6.68. The molecule has 0 amide bonds. The van der Waals surface area contributed by atoms with Crippen LogP contribution in [-0.2, 0) is 6.54 Å². The Kier molecular flexibility index (Phi) is 6.56. The lowest BCUT2D eigenvalue weighted by molar-refractivity contribution is 0.362. The summed E-state index contributed by atoms with van der Waals surface area (Å²) in [6, 6.07) is 6.93. The first kappa shape index (κ1) is 16.4. The largest absolute Gasteiger partial charge is 0.374 e. The zero-order chi connectivity index (χ0) is 15.1. The molecule has 1 fully saturated rings. The fourth-order valence-electron chi connectivity index (χ4n) is 3.52. The minimum Gasteiger partial charge on any atom is -0.374 e. The van der Waals surface area contributed by atoms with Crippen LogP contribution in [0.1, 0.15) is 56.6 Å². The molecule has 0 bridgehead atoms. The van der Waals surface area contributed by atoms with Crippen molar-refractivity contribution in [2.75, 3.05) is 25.0 Å². The number of aryl methyl sites for hydroxylation is 1. The van der Waals surface area contributed by atoms with Crippen LogP contribution in [0.3, 0.4) is 0 Å². The molecule has 0 atom stereocenters. The SMILES string of the molecule is CCCNCc1ccc(N(C)CC2CCCCC2)c(C)c1. The van der Waals surface area contributed by atoms with Crippen LogP contribution in [0.25, 0.3) is 0 Å². The lowest BCUT2D eigenvalue weighted by Gasteiger charge is -2.29. The first-order chi connectivity index (χ1) is 10.2. The van der Waals surface area contributed by atoms with E-state index in [9.17, 15) is 0 Å². The normalized spacial score (nSPS) is 16.1. The van der Waals surface area contributed by atoms with Gasteiger partial charge >= 0.3 is 0 Å². The number of nitrogens with zero attached hydrogens (tertiary/aromatic N) is 1. The van der Waals surface area contributed by atoms with Crippen LogP contribution >= 0.6 is 0 Å². The Morgan fingerprint density at radius 2 is 1.95 bits per heavy atom. The van der Waals surface area contributed by atoms with Gasteiger partial charge in [0.15, 0.2) is 0 Å². The third kappa shape index (κ3) is 5.03. The molecule has 0 saturated heterocycles. The highest BCUT2D eigenvalue weighted by atomic mass is 15.1. The Hall–Kier alpha value is -1.02. The molecule has 1 aromatic carbocycles. The van der Waals surface area contributed by atoms with Gasteiger partial charge in [-0.15, -0.1) is 0 Å². The van der Waals surface area contributed by atoms with E-state index >= 15 is 0 Å². The molecule has 1 aromatic rings. The highest BCUT2D eigenvalue weighted by Crippen LogP contribution is 2.27. The maximum Gasteiger partial charge on any atom is 0.0393 e. The van der Waals surface area contributed by atoms with Crippen molar-refractivity contribution in [3.05, 3.63) is 29.3 Å². The number of hydrogen-bond acceptors (Lipinski definition) is 2. The molecule has 2 rings (SSSR count). The number of anilines is 1. The van der Waals surface area contributed by atoms with E-state index in [-0.39, 0.29) is 0 Å². The smallest absolute Gasteiger partial charge is 0.0393 e. The molecular weight excluding hydrogens is 256 g/mol. The summed E-state index contributed by atoms with van der Waals surface area (Å²) in [7, 11) is 2.26. The van der Waals surface area contributed by atoms with E-state index in [1.807, 2.05) is 0 Å². The van der Waals surface area contributed by atoms with Gasteiger partial charge in [-0.3, -0.25) is 0 Å². The van der Waals surface area contributed by atoms with Crippen LogP contribution in [0.4, 0.5) is 5.69 Å². The summed E-state index contributed by atoms with van der Waals surface area (Å²) in [5.74, 6) is 0.897. The lowest BCUT2D eigenvalue weighted by Crippen LogP contribution is -2.27. The van der Waals surface area contributed by atoms with Crippen molar-refractivity contribution < 1.29 is 0 Å². The molecule has 1 aliphatic carbocycles. The molecule has 0 aromatic heterocycles. The van der Waals surface area contributed by atoms with E-state index in [2.05, 4.69) is 49.3 Å². The summed E-state index contributed by atoms with van der Waals surface area (Å²) >= 11 is 0. The van der Waals surface area contributed by atoms with Crippen LogP contribution in [0.5, 0.6) is 0 Å². The van der Waals surface area contributed by atoms with Gasteiger partial charge in [-0.2, -0.15) is 0 Å². The molecule has 2 nitrogen and oxygen atoms in total. The van der Waals surface area contributed by atoms with Gasteiger partial charge in [0.1, 0.15) is 0 Å². The summed E-state index contributed by atoms with van der Waals surface area (Å²) in [5.41, 5.74) is 4.21. The second kappa shape index (κ2) is 8.43. The first-order valence-corrected chi connectivity index (χ1v) is 8.72. The van der Waals surface area contributed by atoms with Crippen molar-refractivity contribution in [3.8, 4) is 0 Å². The quantitative estimate of drug-likeness (QED) is 0.743. The third-order valence-electron chi connectivity index (χ3n) is 4.69. The van der Waals surface area contributed by atoms with Gasteiger partial charge in [-0.25, -0.2) is 0 Å². The first-order valence-electron chi connectivity index (χ1n) is 8.72. The molecule has 1 N–H and O–H groups in total. The molecule has 118 valence electrons. The third-order valence-corrected chi connectivity index (χ3v) is 4.69. The average molecular weight is 288 g/mol. The number of hydrogen-bond donors (Lipinski definition) is 1. The number of rotatable bonds is 7. The number of nitrogens with one attached hydrogen (secondary N) is 1. The molecule has 0 aliphatic heterocycles. The topological polar surface area (TPSA) is 15.3 Å². The van der Waals surface area contributed by atoms with Gasteiger partial charge in [0.2, 0.25) is 0 Å². The van der Waals surface area contributed by atoms with E-state index < -0.39 is 0 Å². The zero-order valence-electron chi connectivity index (χ0n) is 14.1. The summed E-state index contributed by atoms with van der Waals surface area (Å²) in [6.07, 6.45) is 8.34. The van der Waals surface area contributed by atoms with E-state index in [1.54, 1.807) is 0 Å². The Morgan fingerprint density at radius 3 is 2.62 bits per heavy atom. The van der Waals surface area contributed by atoms with Crippen LogP contribution in [0, 0.1) is 12.8 Å². The van der Waals surface area contributed by atoms with Crippen LogP contribution < -0.4 is 10.2 Å². The van der Waals surface area contributed by atoms with Crippen molar-refractivity contribution in [1.29, 1.82) is 0 Å². The molecule has 1 saturated carbocycles. The average Bonchev–Trinajstić information content (AvgIpc) is 2.48. The minimum atomic E-state index is 0.897. The van der Waals surface area contributed by atoms with Crippen molar-refractivity contribution >= 4 is 5.69 Å². The summed E-state index contributed by atoms with van der Waals surface area (Å²) in [6.45, 7) is 7.76. The maximum atomic E-state index is 3.48. The van der Waals surface area contributed by atoms with E-state index in [1.165, 1.54) is 61.9 Å². The van der Waals surface area contributed by atoms with Crippen LogP contribution in [0.15, 0.2) is 18.2 Å². The fraction of sp³-hybridized carbons (Fsp3) is 0.684. The lowest BCUT2D eigenvalue weighted by atomic mass is 9.89.